The minimum atomic E-state index is 0.643. The summed E-state index contributed by atoms with van der Waals surface area (Å²) < 4.78 is 0. The Labute approximate surface area is 79.7 Å². The number of benzene rings is 1. The molecule has 1 aromatic carbocycles. The number of hydrogen-bond acceptors (Lipinski definition) is 0. The van der Waals surface area contributed by atoms with E-state index in [1.165, 1.54) is 0 Å². The van der Waals surface area contributed by atoms with E-state index in [0.29, 0.717) is 5.02 Å². The quantitative estimate of drug-likeness (QED) is 0.512. The maximum atomic E-state index is 5.84. The zero-order valence-corrected chi connectivity index (χ0v) is 8.11. The first-order valence-electron chi connectivity index (χ1n) is 3.09. The van der Waals surface area contributed by atoms with Crippen molar-refractivity contribution in [3.63, 3.8) is 0 Å². The van der Waals surface area contributed by atoms with Crippen LogP contribution in [0.25, 0.3) is 0 Å². The van der Waals surface area contributed by atoms with Gasteiger partial charge in [0.1, 0.15) is 0 Å². The van der Waals surface area contributed by atoms with E-state index in [9.17, 15) is 0 Å². The Hall–Kier alpha value is -0.450. The predicted octanol–water partition coefficient (Wildman–Crippen LogP) is 3.22. The highest BCUT2D eigenvalue weighted by Gasteiger charge is 1.97. The second-order valence-corrected chi connectivity index (χ2v) is 3.06. The monoisotopic (exact) mass is 228 g/mol. The molecule has 0 amide bonds. The molecule has 1 rings (SSSR count). The zero-order valence-electron chi connectivity index (χ0n) is 5.77. The lowest BCUT2D eigenvalue weighted by atomic mass is 10.2. The molecule has 0 N–H and O–H groups in total. The topological polar surface area (TPSA) is 0 Å². The van der Waals surface area contributed by atoms with Gasteiger partial charge in [-0.3, -0.25) is 0 Å². The summed E-state index contributed by atoms with van der Waals surface area (Å²) in [5.41, 5.74) is 1.88. The van der Waals surface area contributed by atoms with Gasteiger partial charge in [-0.1, -0.05) is 39.5 Å². The Kier molecular flexibility index (Phi) is 2.99. The van der Waals surface area contributed by atoms with Crippen LogP contribution in [0, 0.1) is 12.3 Å². The molecule has 0 bridgehead atoms. The molecule has 0 spiro atoms. The average Bonchev–Trinajstić information content (AvgIpc) is 2.04. The Bertz CT molecular complexity index is 299. The van der Waals surface area contributed by atoms with Crippen LogP contribution in [0.4, 0.5) is 0 Å². The van der Waals surface area contributed by atoms with E-state index in [1.54, 1.807) is 0 Å². The van der Waals surface area contributed by atoms with Gasteiger partial charge in [0.2, 0.25) is 0 Å². The van der Waals surface area contributed by atoms with Gasteiger partial charge < -0.3 is 0 Å². The number of rotatable bonds is 1. The van der Waals surface area contributed by atoms with Crippen LogP contribution < -0.4 is 0 Å². The molecule has 0 aromatic heterocycles. The van der Waals surface area contributed by atoms with Crippen molar-refractivity contribution in [3.05, 3.63) is 34.3 Å². The van der Waals surface area contributed by atoms with E-state index < -0.39 is 0 Å². The summed E-state index contributed by atoms with van der Waals surface area (Å²) in [7, 11) is 0. The third-order valence-electron chi connectivity index (χ3n) is 1.34. The normalized spacial score (nSPS) is 9.18. The van der Waals surface area contributed by atoms with Gasteiger partial charge in [-0.15, -0.1) is 6.42 Å². The maximum Gasteiger partial charge on any atom is 0.0565 e. The first-order valence-corrected chi connectivity index (χ1v) is 4.59. The van der Waals surface area contributed by atoms with Crippen LogP contribution in [-0.4, -0.2) is 0 Å². The Morgan fingerprint density at radius 1 is 1.55 bits per heavy atom. The fourth-order valence-electron chi connectivity index (χ4n) is 0.759. The lowest BCUT2D eigenvalue weighted by Crippen LogP contribution is -1.80. The third-order valence-corrected chi connectivity index (χ3v) is 2.30. The van der Waals surface area contributed by atoms with Crippen LogP contribution >= 0.6 is 27.5 Å². The maximum absolute atomic E-state index is 5.84. The molecule has 0 nitrogen and oxygen atoms in total. The predicted molar refractivity (Wildman–Crippen MR) is 52.0 cm³/mol. The third kappa shape index (κ3) is 1.99. The van der Waals surface area contributed by atoms with Gasteiger partial charge in [-0.05, 0) is 17.7 Å². The Morgan fingerprint density at radius 3 is 2.73 bits per heavy atom. The fourth-order valence-corrected chi connectivity index (χ4v) is 1.37. The molecular weight excluding hydrogens is 223 g/mol. The summed E-state index contributed by atoms with van der Waals surface area (Å²) in [6, 6.07) is 5.67. The highest BCUT2D eigenvalue weighted by atomic mass is 79.9. The molecule has 0 aliphatic rings. The van der Waals surface area contributed by atoms with Crippen molar-refractivity contribution in [2.45, 2.75) is 5.33 Å². The molecule has 0 radical (unpaired) electrons. The van der Waals surface area contributed by atoms with Gasteiger partial charge in [0.25, 0.3) is 0 Å². The summed E-state index contributed by atoms with van der Waals surface area (Å²) in [4.78, 5) is 0. The molecule has 2 heteroatoms. The number of terminal acetylenes is 1. The largest absolute Gasteiger partial charge is 0.115 e. The Morgan fingerprint density at radius 2 is 2.27 bits per heavy atom. The van der Waals surface area contributed by atoms with Crippen molar-refractivity contribution in [2.75, 3.05) is 0 Å². The Balaban J connectivity index is 3.12. The molecule has 11 heavy (non-hydrogen) atoms. The standard InChI is InChI=1S/C9H6BrCl/c1-2-8-4-3-7(6-10)5-9(8)11/h1,3-5H,6H2. The van der Waals surface area contributed by atoms with Gasteiger partial charge in [0.15, 0.2) is 0 Å². The van der Waals surface area contributed by atoms with E-state index in [2.05, 4.69) is 21.9 Å². The summed E-state index contributed by atoms with van der Waals surface area (Å²) in [5, 5.41) is 1.45. The first-order chi connectivity index (χ1) is 5.27. The highest BCUT2D eigenvalue weighted by Crippen LogP contribution is 2.18. The van der Waals surface area contributed by atoms with Crippen LogP contribution in [0.2, 0.25) is 5.02 Å². The van der Waals surface area contributed by atoms with Crippen molar-refractivity contribution >= 4 is 27.5 Å². The second kappa shape index (κ2) is 3.80. The molecule has 1 aromatic rings. The van der Waals surface area contributed by atoms with Crippen molar-refractivity contribution in [2.24, 2.45) is 0 Å². The minimum Gasteiger partial charge on any atom is -0.115 e. The van der Waals surface area contributed by atoms with Crippen LogP contribution in [-0.2, 0) is 5.33 Å². The molecule has 0 saturated heterocycles. The molecule has 0 unspecified atom stereocenters. The van der Waals surface area contributed by atoms with Crippen LogP contribution in [0.3, 0.4) is 0 Å². The summed E-state index contributed by atoms with van der Waals surface area (Å²) in [6.07, 6.45) is 5.20. The van der Waals surface area contributed by atoms with E-state index in [-0.39, 0.29) is 0 Å². The van der Waals surface area contributed by atoms with Gasteiger partial charge in [0, 0.05) is 10.9 Å². The number of alkyl halides is 1. The molecule has 0 saturated carbocycles. The summed E-state index contributed by atoms with van der Waals surface area (Å²) >= 11 is 9.17. The highest BCUT2D eigenvalue weighted by molar-refractivity contribution is 9.08. The lowest BCUT2D eigenvalue weighted by Gasteiger charge is -1.98. The van der Waals surface area contributed by atoms with Gasteiger partial charge in [-0.2, -0.15) is 0 Å². The zero-order chi connectivity index (χ0) is 8.27. The second-order valence-electron chi connectivity index (χ2n) is 2.09. The van der Waals surface area contributed by atoms with E-state index in [0.717, 1.165) is 16.5 Å². The lowest BCUT2D eigenvalue weighted by molar-refractivity contribution is 1.43. The minimum absolute atomic E-state index is 0.643. The van der Waals surface area contributed by atoms with E-state index >= 15 is 0 Å². The first kappa shape index (κ1) is 8.64. The van der Waals surface area contributed by atoms with Gasteiger partial charge in [0.05, 0.1) is 5.02 Å². The summed E-state index contributed by atoms with van der Waals surface area (Å²) in [5.74, 6) is 2.50. The molecule has 0 heterocycles. The van der Waals surface area contributed by atoms with Gasteiger partial charge >= 0.3 is 0 Å². The number of hydrogen-bond donors (Lipinski definition) is 0. The van der Waals surface area contributed by atoms with Crippen molar-refractivity contribution in [1.82, 2.24) is 0 Å². The van der Waals surface area contributed by atoms with Crippen LogP contribution in [0.5, 0.6) is 0 Å². The molecule has 56 valence electrons. The number of halogens is 2. The molecule has 0 fully saturated rings. The SMILES string of the molecule is C#Cc1ccc(CBr)cc1Cl. The molecule has 0 aliphatic heterocycles. The summed E-state index contributed by atoms with van der Waals surface area (Å²) in [6.45, 7) is 0. The van der Waals surface area contributed by atoms with Crippen molar-refractivity contribution in [1.29, 1.82) is 0 Å². The van der Waals surface area contributed by atoms with Crippen LogP contribution in [0.1, 0.15) is 11.1 Å². The molecular formula is C9H6BrCl. The smallest absolute Gasteiger partial charge is 0.0565 e. The van der Waals surface area contributed by atoms with Crippen molar-refractivity contribution < 1.29 is 0 Å². The van der Waals surface area contributed by atoms with Crippen molar-refractivity contribution in [3.8, 4) is 12.3 Å². The average molecular weight is 230 g/mol. The van der Waals surface area contributed by atoms with Gasteiger partial charge in [-0.25, -0.2) is 0 Å². The molecule has 0 atom stereocenters. The molecule has 0 aliphatic carbocycles. The fraction of sp³-hybridized carbons (Fsp3) is 0.111. The van der Waals surface area contributed by atoms with Crippen LogP contribution in [0.15, 0.2) is 18.2 Å². The van der Waals surface area contributed by atoms with E-state index in [4.69, 9.17) is 18.0 Å². The van der Waals surface area contributed by atoms with E-state index in [1.807, 2.05) is 18.2 Å².